The van der Waals surface area contributed by atoms with Crippen LogP contribution in [0.1, 0.15) is 12.8 Å². The maximum Gasteiger partial charge on any atom is 0.144 e. The lowest BCUT2D eigenvalue weighted by Crippen LogP contribution is -2.29. The molecule has 15 heavy (non-hydrogen) atoms. The summed E-state index contributed by atoms with van der Waals surface area (Å²) in [4.78, 5) is 0. The Bertz CT molecular complexity index is 370. The van der Waals surface area contributed by atoms with Crippen LogP contribution >= 0.6 is 15.9 Å². The van der Waals surface area contributed by atoms with Gasteiger partial charge in [-0.2, -0.15) is 0 Å². The van der Waals surface area contributed by atoms with Gasteiger partial charge in [0, 0.05) is 12.1 Å². The number of halogens is 3. The molecule has 0 unspecified atom stereocenters. The van der Waals surface area contributed by atoms with E-state index in [4.69, 9.17) is 10.5 Å². The number of rotatable bonds is 3. The fourth-order valence-electron chi connectivity index (χ4n) is 1.15. The summed E-state index contributed by atoms with van der Waals surface area (Å²) in [5, 5.41) is 0. The van der Waals surface area contributed by atoms with Crippen molar-refractivity contribution in [2.24, 2.45) is 5.73 Å². The van der Waals surface area contributed by atoms with Gasteiger partial charge >= 0.3 is 0 Å². The Morgan fingerprint density at radius 1 is 1.33 bits per heavy atom. The van der Waals surface area contributed by atoms with Crippen LogP contribution in [-0.4, -0.2) is 12.1 Å². The Kier molecular flexibility index (Phi) is 2.68. The minimum Gasteiger partial charge on any atom is -0.491 e. The van der Waals surface area contributed by atoms with Crippen LogP contribution in [0, 0.1) is 11.6 Å². The van der Waals surface area contributed by atoms with Crippen LogP contribution in [-0.2, 0) is 0 Å². The van der Waals surface area contributed by atoms with E-state index < -0.39 is 11.6 Å². The monoisotopic (exact) mass is 277 g/mol. The number of hydrogen-bond donors (Lipinski definition) is 1. The highest BCUT2D eigenvalue weighted by Gasteiger charge is 2.39. The fraction of sp³-hybridized carbons (Fsp3) is 0.400. The first-order chi connectivity index (χ1) is 7.00. The van der Waals surface area contributed by atoms with Gasteiger partial charge in [0.2, 0.25) is 0 Å². The standard InChI is InChI=1S/C10H10BrF2NO/c11-9-7(12)3-6(4-8(9)13)15-5-10(14)1-2-10/h3-4H,1-2,5,14H2. The number of benzene rings is 1. The van der Waals surface area contributed by atoms with Crippen LogP contribution in [0.5, 0.6) is 5.75 Å². The molecule has 0 radical (unpaired) electrons. The van der Waals surface area contributed by atoms with Crippen LogP contribution in [0.25, 0.3) is 0 Å². The highest BCUT2D eigenvalue weighted by atomic mass is 79.9. The molecule has 0 aromatic heterocycles. The van der Waals surface area contributed by atoms with E-state index in [1.165, 1.54) is 0 Å². The van der Waals surface area contributed by atoms with Crippen molar-refractivity contribution >= 4 is 15.9 Å². The normalized spacial score (nSPS) is 17.6. The van der Waals surface area contributed by atoms with Crippen molar-refractivity contribution in [3.05, 3.63) is 28.2 Å². The fourth-order valence-corrected chi connectivity index (χ4v) is 1.38. The Balaban J connectivity index is 2.08. The summed E-state index contributed by atoms with van der Waals surface area (Å²) in [6.07, 6.45) is 1.79. The Hall–Kier alpha value is -0.680. The molecule has 2 nitrogen and oxygen atoms in total. The second-order valence-electron chi connectivity index (χ2n) is 3.85. The van der Waals surface area contributed by atoms with Gasteiger partial charge in [-0.05, 0) is 28.8 Å². The largest absolute Gasteiger partial charge is 0.491 e. The molecule has 1 aliphatic carbocycles. The van der Waals surface area contributed by atoms with Gasteiger partial charge in [-0.3, -0.25) is 0 Å². The number of hydrogen-bond acceptors (Lipinski definition) is 2. The Morgan fingerprint density at radius 2 is 1.87 bits per heavy atom. The van der Waals surface area contributed by atoms with Gasteiger partial charge in [0.05, 0.1) is 10.0 Å². The predicted octanol–water partition coefficient (Wildman–Crippen LogP) is 2.60. The van der Waals surface area contributed by atoms with Crippen LogP contribution in [0.15, 0.2) is 16.6 Å². The van der Waals surface area contributed by atoms with Crippen molar-refractivity contribution in [2.75, 3.05) is 6.61 Å². The topological polar surface area (TPSA) is 35.2 Å². The molecule has 0 spiro atoms. The van der Waals surface area contributed by atoms with Gasteiger partial charge < -0.3 is 10.5 Å². The van der Waals surface area contributed by atoms with E-state index in [-0.39, 0.29) is 15.8 Å². The predicted molar refractivity (Wildman–Crippen MR) is 55.7 cm³/mol. The highest BCUT2D eigenvalue weighted by molar-refractivity contribution is 9.10. The molecule has 1 saturated carbocycles. The van der Waals surface area contributed by atoms with Crippen molar-refractivity contribution in [1.29, 1.82) is 0 Å². The highest BCUT2D eigenvalue weighted by Crippen LogP contribution is 2.33. The van der Waals surface area contributed by atoms with Crippen molar-refractivity contribution in [3.63, 3.8) is 0 Å². The zero-order chi connectivity index (χ0) is 11.1. The SMILES string of the molecule is NC1(COc2cc(F)c(Br)c(F)c2)CC1. The van der Waals surface area contributed by atoms with Gasteiger partial charge in [-0.1, -0.05) is 0 Å². The summed E-state index contributed by atoms with van der Waals surface area (Å²) >= 11 is 2.79. The molecule has 0 atom stereocenters. The maximum atomic E-state index is 13.1. The molecule has 0 heterocycles. The number of nitrogens with two attached hydrogens (primary N) is 1. The molecule has 82 valence electrons. The summed E-state index contributed by atoms with van der Waals surface area (Å²) in [6, 6.07) is 2.28. The van der Waals surface area contributed by atoms with Gasteiger partial charge in [-0.15, -0.1) is 0 Å². The maximum absolute atomic E-state index is 13.1. The van der Waals surface area contributed by atoms with Gasteiger partial charge in [0.15, 0.2) is 0 Å². The minimum absolute atomic E-state index is 0.171. The zero-order valence-corrected chi connectivity index (χ0v) is 9.48. The molecule has 1 aromatic carbocycles. The van der Waals surface area contributed by atoms with E-state index in [9.17, 15) is 8.78 Å². The lowest BCUT2D eigenvalue weighted by atomic mass is 10.3. The third kappa shape index (κ3) is 2.46. The second kappa shape index (κ2) is 3.72. The lowest BCUT2D eigenvalue weighted by Gasteiger charge is -2.11. The molecule has 0 saturated heterocycles. The van der Waals surface area contributed by atoms with Gasteiger partial charge in [-0.25, -0.2) is 8.78 Å². The van der Waals surface area contributed by atoms with E-state index in [1.807, 2.05) is 0 Å². The molecule has 1 aliphatic rings. The molecule has 1 aromatic rings. The average molecular weight is 278 g/mol. The summed E-state index contributed by atoms with van der Waals surface area (Å²) in [6.45, 7) is 0.299. The molecular formula is C10H10BrF2NO. The first kappa shape index (κ1) is 10.8. The molecule has 0 aliphatic heterocycles. The second-order valence-corrected chi connectivity index (χ2v) is 4.64. The molecular weight excluding hydrogens is 268 g/mol. The quantitative estimate of drug-likeness (QED) is 0.862. The summed E-state index contributed by atoms with van der Waals surface area (Å²) in [7, 11) is 0. The first-order valence-electron chi connectivity index (χ1n) is 4.56. The molecule has 1 fully saturated rings. The third-order valence-corrected chi connectivity index (χ3v) is 3.13. The van der Waals surface area contributed by atoms with Crippen molar-refractivity contribution in [3.8, 4) is 5.75 Å². The number of ether oxygens (including phenoxy) is 1. The lowest BCUT2D eigenvalue weighted by molar-refractivity contribution is 0.276. The Morgan fingerprint density at radius 3 is 2.33 bits per heavy atom. The molecule has 0 amide bonds. The summed E-state index contributed by atoms with van der Waals surface area (Å²) in [5.41, 5.74) is 5.49. The van der Waals surface area contributed by atoms with Crippen LogP contribution in [0.3, 0.4) is 0 Å². The molecule has 5 heteroatoms. The van der Waals surface area contributed by atoms with Crippen LogP contribution in [0.4, 0.5) is 8.78 Å². The van der Waals surface area contributed by atoms with Crippen molar-refractivity contribution < 1.29 is 13.5 Å². The first-order valence-corrected chi connectivity index (χ1v) is 5.36. The molecule has 2 N–H and O–H groups in total. The van der Waals surface area contributed by atoms with E-state index >= 15 is 0 Å². The average Bonchev–Trinajstić information content (AvgIpc) is 2.90. The zero-order valence-electron chi connectivity index (χ0n) is 7.90. The molecule has 2 rings (SSSR count). The van der Waals surface area contributed by atoms with E-state index in [1.54, 1.807) is 0 Å². The van der Waals surface area contributed by atoms with E-state index in [2.05, 4.69) is 15.9 Å². The van der Waals surface area contributed by atoms with Crippen molar-refractivity contribution in [2.45, 2.75) is 18.4 Å². The van der Waals surface area contributed by atoms with Crippen LogP contribution in [0.2, 0.25) is 0 Å². The third-order valence-electron chi connectivity index (χ3n) is 2.38. The van der Waals surface area contributed by atoms with E-state index in [0.29, 0.717) is 6.61 Å². The smallest absolute Gasteiger partial charge is 0.144 e. The Labute approximate surface area is 94.5 Å². The van der Waals surface area contributed by atoms with Gasteiger partial charge in [0.1, 0.15) is 24.0 Å². The minimum atomic E-state index is -0.674. The van der Waals surface area contributed by atoms with Crippen LogP contribution < -0.4 is 10.5 Å². The molecule has 0 bridgehead atoms. The van der Waals surface area contributed by atoms with Gasteiger partial charge in [0.25, 0.3) is 0 Å². The summed E-state index contributed by atoms with van der Waals surface area (Å²) < 4.78 is 31.2. The van der Waals surface area contributed by atoms with Crippen molar-refractivity contribution in [1.82, 2.24) is 0 Å². The summed E-state index contributed by atoms with van der Waals surface area (Å²) in [5.74, 6) is -1.18. The van der Waals surface area contributed by atoms with E-state index in [0.717, 1.165) is 25.0 Å².